The lowest BCUT2D eigenvalue weighted by molar-refractivity contribution is -0.123. The van der Waals surface area contributed by atoms with E-state index in [-0.39, 0.29) is 17.2 Å². The van der Waals surface area contributed by atoms with E-state index in [1.807, 2.05) is 39.8 Å². The number of imide groups is 1. The Morgan fingerprint density at radius 1 is 1.21 bits per heavy atom. The molecule has 0 aromatic heterocycles. The molecule has 130 valence electrons. The molecule has 1 aromatic rings. The van der Waals surface area contributed by atoms with Gasteiger partial charge in [0.25, 0.3) is 11.1 Å². The monoisotopic (exact) mass is 461 g/mol. The second-order valence-electron chi connectivity index (χ2n) is 5.34. The van der Waals surface area contributed by atoms with E-state index >= 15 is 0 Å². The summed E-state index contributed by atoms with van der Waals surface area (Å²) in [5.74, 6) is 1.09. The van der Waals surface area contributed by atoms with Crippen LogP contribution in [-0.2, 0) is 4.79 Å². The molecule has 24 heavy (non-hydrogen) atoms. The Morgan fingerprint density at radius 3 is 2.42 bits per heavy atom. The number of carbonyl (C=O) groups excluding carboxylic acids is 2. The van der Waals surface area contributed by atoms with Crippen molar-refractivity contribution >= 4 is 51.6 Å². The van der Waals surface area contributed by atoms with Crippen molar-refractivity contribution in [3.8, 4) is 11.5 Å². The molecule has 2 rings (SSSR count). The topological polar surface area (TPSA) is 55.8 Å². The lowest BCUT2D eigenvalue weighted by Gasteiger charge is -2.16. The van der Waals surface area contributed by atoms with Crippen LogP contribution in [0, 0.1) is 3.57 Å². The van der Waals surface area contributed by atoms with Crippen molar-refractivity contribution in [2.45, 2.75) is 33.7 Å². The maximum absolute atomic E-state index is 12.4. The highest BCUT2D eigenvalue weighted by molar-refractivity contribution is 14.1. The average molecular weight is 461 g/mol. The molecule has 0 N–H and O–H groups in total. The Balaban J connectivity index is 2.39. The zero-order chi connectivity index (χ0) is 17.9. The summed E-state index contributed by atoms with van der Waals surface area (Å²) in [7, 11) is 0. The van der Waals surface area contributed by atoms with Gasteiger partial charge in [0, 0.05) is 6.04 Å². The normalized spacial score (nSPS) is 16.4. The van der Waals surface area contributed by atoms with Gasteiger partial charge in [0.05, 0.1) is 21.7 Å². The molecule has 0 spiro atoms. The number of halogens is 1. The molecular weight excluding hydrogens is 441 g/mol. The van der Waals surface area contributed by atoms with Crippen LogP contribution in [0.5, 0.6) is 11.5 Å². The van der Waals surface area contributed by atoms with Crippen LogP contribution in [0.4, 0.5) is 4.79 Å². The lowest BCUT2D eigenvalue weighted by Crippen LogP contribution is -2.34. The van der Waals surface area contributed by atoms with Crippen molar-refractivity contribution in [3.63, 3.8) is 0 Å². The number of rotatable bonds is 6. The molecule has 5 nitrogen and oxygen atoms in total. The standard InChI is InChI=1S/C17H20INO4S/c1-5-22-13-8-11(7-12(18)15(13)23-6-2)9-14-16(20)19(10(3)4)17(21)24-14/h7-10H,5-6H2,1-4H3/b14-9+. The molecule has 0 aliphatic carbocycles. The van der Waals surface area contributed by atoms with E-state index in [1.54, 1.807) is 6.08 Å². The zero-order valence-electron chi connectivity index (χ0n) is 14.1. The van der Waals surface area contributed by atoms with Gasteiger partial charge >= 0.3 is 0 Å². The molecule has 1 saturated heterocycles. The number of ether oxygens (including phenoxy) is 2. The third kappa shape index (κ3) is 4.05. The van der Waals surface area contributed by atoms with Crippen molar-refractivity contribution in [1.82, 2.24) is 4.90 Å². The quantitative estimate of drug-likeness (QED) is 0.460. The summed E-state index contributed by atoms with van der Waals surface area (Å²) < 4.78 is 12.2. The third-order valence-corrected chi connectivity index (χ3v) is 4.94. The van der Waals surface area contributed by atoms with Crippen molar-refractivity contribution in [1.29, 1.82) is 0 Å². The molecule has 1 heterocycles. The molecule has 0 radical (unpaired) electrons. The first-order valence-corrected chi connectivity index (χ1v) is 9.64. The molecule has 1 aliphatic heterocycles. The van der Waals surface area contributed by atoms with Crippen LogP contribution in [0.15, 0.2) is 17.0 Å². The van der Waals surface area contributed by atoms with Gasteiger partial charge in [-0.15, -0.1) is 0 Å². The van der Waals surface area contributed by atoms with Crippen LogP contribution in [0.2, 0.25) is 0 Å². The van der Waals surface area contributed by atoms with Crippen LogP contribution >= 0.6 is 34.4 Å². The maximum atomic E-state index is 12.4. The van der Waals surface area contributed by atoms with Gasteiger partial charge in [-0.1, -0.05) is 0 Å². The number of amides is 2. The number of thioether (sulfide) groups is 1. The summed E-state index contributed by atoms with van der Waals surface area (Å²) >= 11 is 3.15. The first-order valence-electron chi connectivity index (χ1n) is 7.75. The van der Waals surface area contributed by atoms with Gasteiger partial charge in [0.15, 0.2) is 11.5 Å². The Bertz CT molecular complexity index is 687. The van der Waals surface area contributed by atoms with Crippen molar-refractivity contribution in [2.24, 2.45) is 0 Å². The molecule has 1 aromatic carbocycles. The predicted octanol–water partition coefficient (Wildman–Crippen LogP) is 4.53. The van der Waals surface area contributed by atoms with Crippen LogP contribution in [0.3, 0.4) is 0 Å². The summed E-state index contributed by atoms with van der Waals surface area (Å²) in [6.45, 7) is 8.54. The molecule has 2 amide bonds. The van der Waals surface area contributed by atoms with Gasteiger partial charge in [-0.05, 0) is 85.8 Å². The zero-order valence-corrected chi connectivity index (χ0v) is 17.1. The van der Waals surface area contributed by atoms with E-state index in [1.165, 1.54) is 4.90 Å². The van der Waals surface area contributed by atoms with E-state index in [0.717, 1.165) is 20.9 Å². The second kappa shape index (κ2) is 8.24. The summed E-state index contributed by atoms with van der Waals surface area (Å²) in [5.41, 5.74) is 0.806. The van der Waals surface area contributed by atoms with Crippen LogP contribution in [0.25, 0.3) is 6.08 Å². The van der Waals surface area contributed by atoms with Crippen LogP contribution < -0.4 is 9.47 Å². The first-order chi connectivity index (χ1) is 11.4. The minimum Gasteiger partial charge on any atom is -0.490 e. The van der Waals surface area contributed by atoms with Gasteiger partial charge in [-0.25, -0.2) is 0 Å². The summed E-state index contributed by atoms with van der Waals surface area (Å²) in [5, 5.41) is -0.230. The van der Waals surface area contributed by atoms with E-state index in [2.05, 4.69) is 22.6 Å². The molecule has 1 aliphatic rings. The van der Waals surface area contributed by atoms with Crippen molar-refractivity contribution in [2.75, 3.05) is 13.2 Å². The highest BCUT2D eigenvalue weighted by atomic mass is 127. The van der Waals surface area contributed by atoms with Gasteiger partial charge in [0.1, 0.15) is 0 Å². The fourth-order valence-corrected chi connectivity index (χ4v) is 4.04. The number of hydrogen-bond acceptors (Lipinski definition) is 5. The van der Waals surface area contributed by atoms with Gasteiger partial charge in [-0.3, -0.25) is 14.5 Å². The molecule has 0 bridgehead atoms. The van der Waals surface area contributed by atoms with Gasteiger partial charge in [-0.2, -0.15) is 0 Å². The first kappa shape index (κ1) is 19.1. The van der Waals surface area contributed by atoms with Gasteiger partial charge in [0.2, 0.25) is 0 Å². The van der Waals surface area contributed by atoms with Crippen LogP contribution in [0.1, 0.15) is 33.3 Å². The highest BCUT2D eigenvalue weighted by Gasteiger charge is 2.36. The molecule has 7 heteroatoms. The fourth-order valence-electron chi connectivity index (χ4n) is 2.30. The van der Waals surface area contributed by atoms with Crippen molar-refractivity contribution < 1.29 is 19.1 Å². The third-order valence-electron chi connectivity index (χ3n) is 3.26. The molecule has 1 fully saturated rings. The number of hydrogen-bond donors (Lipinski definition) is 0. The Labute approximate surface area is 159 Å². The number of carbonyl (C=O) groups is 2. The Kier molecular flexibility index (Phi) is 6.56. The maximum Gasteiger partial charge on any atom is 0.293 e. The SMILES string of the molecule is CCOc1cc(/C=C2/SC(=O)N(C(C)C)C2=O)cc(I)c1OCC. The summed E-state index contributed by atoms with van der Waals surface area (Å²) in [4.78, 5) is 26.1. The fraction of sp³-hybridized carbons (Fsp3) is 0.412. The number of benzene rings is 1. The molecule has 0 unspecified atom stereocenters. The van der Waals surface area contributed by atoms with E-state index in [9.17, 15) is 9.59 Å². The minimum absolute atomic E-state index is 0.150. The summed E-state index contributed by atoms with van der Waals surface area (Å²) in [6, 6.07) is 3.60. The lowest BCUT2D eigenvalue weighted by atomic mass is 10.1. The van der Waals surface area contributed by atoms with E-state index in [0.29, 0.717) is 29.6 Å². The minimum atomic E-state index is -0.248. The van der Waals surface area contributed by atoms with Crippen molar-refractivity contribution in [3.05, 3.63) is 26.2 Å². The van der Waals surface area contributed by atoms with Gasteiger partial charge < -0.3 is 9.47 Å². The molecule has 0 saturated carbocycles. The average Bonchev–Trinajstić information content (AvgIpc) is 2.77. The van der Waals surface area contributed by atoms with E-state index in [4.69, 9.17) is 9.47 Å². The number of nitrogens with zero attached hydrogens (tertiary/aromatic N) is 1. The smallest absolute Gasteiger partial charge is 0.293 e. The summed E-state index contributed by atoms with van der Waals surface area (Å²) in [6.07, 6.45) is 1.73. The molecule has 0 atom stereocenters. The Hall–Kier alpha value is -1.22. The molecular formula is C17H20INO4S. The Morgan fingerprint density at radius 2 is 1.88 bits per heavy atom. The predicted molar refractivity (Wildman–Crippen MR) is 104 cm³/mol. The largest absolute Gasteiger partial charge is 0.490 e. The van der Waals surface area contributed by atoms with Crippen LogP contribution in [-0.4, -0.2) is 35.3 Å². The highest BCUT2D eigenvalue weighted by Crippen LogP contribution is 2.37. The second-order valence-corrected chi connectivity index (χ2v) is 7.50. The van der Waals surface area contributed by atoms with E-state index < -0.39 is 0 Å².